The van der Waals surface area contributed by atoms with Crippen molar-refractivity contribution in [3.63, 3.8) is 0 Å². The van der Waals surface area contributed by atoms with Gasteiger partial charge in [0.2, 0.25) is 0 Å². The van der Waals surface area contributed by atoms with Crippen molar-refractivity contribution in [3.05, 3.63) is 33.8 Å². The smallest absolute Gasteiger partial charge is 0.0452 e. The highest BCUT2D eigenvalue weighted by Gasteiger charge is 1.96. The SMILES string of the molecule is C.CCc1ccc(Cl)cc1Cl. The van der Waals surface area contributed by atoms with Crippen LogP contribution in [-0.4, -0.2) is 0 Å². The van der Waals surface area contributed by atoms with Gasteiger partial charge in [-0.05, 0) is 24.1 Å². The van der Waals surface area contributed by atoms with Crippen LogP contribution >= 0.6 is 23.2 Å². The molecule has 1 rings (SSSR count). The summed E-state index contributed by atoms with van der Waals surface area (Å²) in [7, 11) is 0. The van der Waals surface area contributed by atoms with E-state index in [9.17, 15) is 0 Å². The zero-order valence-corrected chi connectivity index (χ0v) is 7.21. The number of aryl methyl sites for hydroxylation is 1. The first-order valence-corrected chi connectivity index (χ1v) is 3.93. The summed E-state index contributed by atoms with van der Waals surface area (Å²) in [5.74, 6) is 0. The third kappa shape index (κ3) is 2.72. The molecular formula is C9H12Cl2. The Kier molecular flexibility index (Phi) is 4.55. The highest BCUT2D eigenvalue weighted by atomic mass is 35.5. The third-order valence-corrected chi connectivity index (χ3v) is 1.98. The highest BCUT2D eigenvalue weighted by Crippen LogP contribution is 2.20. The van der Waals surface area contributed by atoms with Gasteiger partial charge in [-0.25, -0.2) is 0 Å². The summed E-state index contributed by atoms with van der Waals surface area (Å²) >= 11 is 11.5. The average Bonchev–Trinajstić information content (AvgIpc) is 1.88. The summed E-state index contributed by atoms with van der Waals surface area (Å²) < 4.78 is 0. The minimum absolute atomic E-state index is 0. The second-order valence-electron chi connectivity index (χ2n) is 2.09. The second-order valence-corrected chi connectivity index (χ2v) is 2.93. The molecule has 1 aromatic rings. The van der Waals surface area contributed by atoms with E-state index in [1.807, 2.05) is 12.1 Å². The van der Waals surface area contributed by atoms with E-state index in [2.05, 4.69) is 6.92 Å². The fourth-order valence-electron chi connectivity index (χ4n) is 0.808. The summed E-state index contributed by atoms with van der Waals surface area (Å²) in [5.41, 5.74) is 1.14. The monoisotopic (exact) mass is 190 g/mol. The van der Waals surface area contributed by atoms with Gasteiger partial charge >= 0.3 is 0 Å². The molecule has 0 atom stereocenters. The lowest BCUT2D eigenvalue weighted by atomic mass is 10.2. The van der Waals surface area contributed by atoms with Crippen molar-refractivity contribution in [1.29, 1.82) is 0 Å². The van der Waals surface area contributed by atoms with Gasteiger partial charge in [0, 0.05) is 10.0 Å². The molecule has 0 amide bonds. The molecule has 0 N–H and O–H groups in total. The van der Waals surface area contributed by atoms with E-state index in [-0.39, 0.29) is 7.43 Å². The van der Waals surface area contributed by atoms with Crippen molar-refractivity contribution in [3.8, 4) is 0 Å². The van der Waals surface area contributed by atoms with Gasteiger partial charge in [-0.1, -0.05) is 43.6 Å². The van der Waals surface area contributed by atoms with Gasteiger partial charge in [0.1, 0.15) is 0 Å². The van der Waals surface area contributed by atoms with Crippen LogP contribution in [0.1, 0.15) is 19.9 Å². The molecule has 0 aliphatic carbocycles. The van der Waals surface area contributed by atoms with Crippen LogP contribution in [0.3, 0.4) is 0 Å². The number of hydrogen-bond acceptors (Lipinski definition) is 0. The average molecular weight is 191 g/mol. The van der Waals surface area contributed by atoms with Crippen LogP contribution in [-0.2, 0) is 6.42 Å². The summed E-state index contributed by atoms with van der Waals surface area (Å²) in [6.07, 6.45) is 0.954. The summed E-state index contributed by atoms with van der Waals surface area (Å²) in [6.45, 7) is 2.06. The van der Waals surface area contributed by atoms with Crippen molar-refractivity contribution in [2.75, 3.05) is 0 Å². The zero-order chi connectivity index (χ0) is 7.56. The van der Waals surface area contributed by atoms with Gasteiger partial charge < -0.3 is 0 Å². The summed E-state index contributed by atoms with van der Waals surface area (Å²) in [5, 5.41) is 1.46. The molecule has 0 nitrogen and oxygen atoms in total. The zero-order valence-electron chi connectivity index (χ0n) is 5.70. The first kappa shape index (κ1) is 10.8. The van der Waals surface area contributed by atoms with E-state index < -0.39 is 0 Å². The third-order valence-electron chi connectivity index (χ3n) is 1.40. The van der Waals surface area contributed by atoms with E-state index in [4.69, 9.17) is 23.2 Å². The number of benzene rings is 1. The Balaban J connectivity index is 0.000001000. The van der Waals surface area contributed by atoms with Gasteiger partial charge in [-0.3, -0.25) is 0 Å². The van der Waals surface area contributed by atoms with E-state index >= 15 is 0 Å². The Bertz CT molecular complexity index is 231. The number of halogens is 2. The first-order chi connectivity index (χ1) is 4.74. The topological polar surface area (TPSA) is 0 Å². The van der Waals surface area contributed by atoms with E-state index in [0.717, 1.165) is 17.0 Å². The van der Waals surface area contributed by atoms with Gasteiger partial charge in [0.25, 0.3) is 0 Å². The summed E-state index contributed by atoms with van der Waals surface area (Å²) in [4.78, 5) is 0. The molecule has 2 heteroatoms. The van der Waals surface area contributed by atoms with Crippen LogP contribution < -0.4 is 0 Å². The van der Waals surface area contributed by atoms with Crippen molar-refractivity contribution in [2.24, 2.45) is 0 Å². The molecule has 0 fully saturated rings. The van der Waals surface area contributed by atoms with Gasteiger partial charge in [-0.15, -0.1) is 0 Å². The van der Waals surface area contributed by atoms with Gasteiger partial charge in [0.15, 0.2) is 0 Å². The van der Waals surface area contributed by atoms with Crippen molar-refractivity contribution < 1.29 is 0 Å². The lowest BCUT2D eigenvalue weighted by molar-refractivity contribution is 1.14. The Morgan fingerprint density at radius 2 is 1.91 bits per heavy atom. The Labute approximate surface area is 78.1 Å². The molecular weight excluding hydrogens is 179 g/mol. The molecule has 1 aromatic carbocycles. The minimum atomic E-state index is 0. The quantitative estimate of drug-likeness (QED) is 0.624. The Morgan fingerprint density at radius 3 is 2.36 bits per heavy atom. The van der Waals surface area contributed by atoms with Crippen molar-refractivity contribution >= 4 is 23.2 Å². The van der Waals surface area contributed by atoms with Crippen LogP contribution in [0.4, 0.5) is 0 Å². The van der Waals surface area contributed by atoms with E-state index in [0.29, 0.717) is 5.02 Å². The standard InChI is InChI=1S/C8H8Cl2.CH4/c1-2-6-3-4-7(9)5-8(6)10;/h3-5H,2H2,1H3;1H4. The lowest BCUT2D eigenvalue weighted by Gasteiger charge is -1.98. The molecule has 62 valence electrons. The summed E-state index contributed by atoms with van der Waals surface area (Å²) in [6, 6.07) is 5.57. The predicted octanol–water partition coefficient (Wildman–Crippen LogP) is 4.19. The molecule has 0 aromatic heterocycles. The fourth-order valence-corrected chi connectivity index (χ4v) is 1.35. The maximum atomic E-state index is 5.85. The van der Waals surface area contributed by atoms with Crippen molar-refractivity contribution in [2.45, 2.75) is 20.8 Å². The highest BCUT2D eigenvalue weighted by molar-refractivity contribution is 6.35. The molecule has 0 spiro atoms. The molecule has 11 heavy (non-hydrogen) atoms. The maximum absolute atomic E-state index is 5.85. The van der Waals surface area contributed by atoms with Crippen molar-refractivity contribution in [1.82, 2.24) is 0 Å². The first-order valence-electron chi connectivity index (χ1n) is 3.18. The maximum Gasteiger partial charge on any atom is 0.0452 e. The van der Waals surface area contributed by atoms with E-state index in [1.165, 1.54) is 0 Å². The Hall–Kier alpha value is -0.200. The van der Waals surface area contributed by atoms with Gasteiger partial charge in [0.05, 0.1) is 0 Å². The molecule has 0 radical (unpaired) electrons. The molecule has 0 saturated carbocycles. The van der Waals surface area contributed by atoms with Crippen LogP contribution in [0.2, 0.25) is 10.0 Å². The fraction of sp³-hybridized carbons (Fsp3) is 0.333. The van der Waals surface area contributed by atoms with Crippen LogP contribution in [0.15, 0.2) is 18.2 Å². The molecule has 0 unspecified atom stereocenters. The minimum Gasteiger partial charge on any atom is -0.0843 e. The Morgan fingerprint density at radius 1 is 1.27 bits per heavy atom. The van der Waals surface area contributed by atoms with Gasteiger partial charge in [-0.2, -0.15) is 0 Å². The van der Waals surface area contributed by atoms with E-state index in [1.54, 1.807) is 6.07 Å². The number of hydrogen-bond donors (Lipinski definition) is 0. The molecule has 0 bridgehead atoms. The molecule has 0 aliphatic rings. The predicted molar refractivity (Wildman–Crippen MR) is 52.6 cm³/mol. The molecule has 0 saturated heterocycles. The number of rotatable bonds is 1. The lowest BCUT2D eigenvalue weighted by Crippen LogP contribution is -1.79. The molecule has 0 heterocycles. The second kappa shape index (κ2) is 4.63. The normalized spacial score (nSPS) is 9.00. The molecule has 0 aliphatic heterocycles. The van der Waals surface area contributed by atoms with Crippen LogP contribution in [0.5, 0.6) is 0 Å². The van der Waals surface area contributed by atoms with Crippen LogP contribution in [0.25, 0.3) is 0 Å². The van der Waals surface area contributed by atoms with Crippen LogP contribution in [0, 0.1) is 0 Å². The largest absolute Gasteiger partial charge is 0.0843 e.